The van der Waals surface area contributed by atoms with Gasteiger partial charge in [-0.15, -0.1) is 0 Å². The predicted octanol–water partition coefficient (Wildman–Crippen LogP) is 5.76. The number of anilines is 1. The third kappa shape index (κ3) is 3.60. The monoisotopic (exact) mass is 402 g/mol. The Bertz CT molecular complexity index is 1270. The van der Waals surface area contributed by atoms with Gasteiger partial charge in [-0.25, -0.2) is 14.4 Å². The fraction of sp³-hybridized carbons (Fsp3) is 0.0455. The molecule has 0 aliphatic rings. The normalized spacial score (nSPS) is 11.1. The molecule has 0 saturated heterocycles. The molecule has 0 unspecified atom stereocenters. The van der Waals surface area contributed by atoms with E-state index < -0.39 is 0 Å². The molecule has 0 radical (unpaired) electrons. The number of fused-ring (bicyclic) bond motifs is 1. The molecule has 5 aromatic rings. The smallest absolute Gasteiger partial charge is 0.184 e. The number of hydrogen-bond donors (Lipinski definition) is 1. The molecule has 0 aliphatic carbocycles. The number of oxazole rings is 1. The molecular formula is C22H15FN4OS. The van der Waals surface area contributed by atoms with Crippen LogP contribution in [0.3, 0.4) is 0 Å². The summed E-state index contributed by atoms with van der Waals surface area (Å²) in [5, 5.41) is 4.15. The Hall–Kier alpha value is -3.58. The van der Waals surface area contributed by atoms with Gasteiger partial charge in [0.05, 0.1) is 22.5 Å². The largest absolute Gasteiger partial charge is 0.443 e. The average molecular weight is 402 g/mol. The van der Waals surface area contributed by atoms with Crippen LogP contribution in [0.15, 0.2) is 77.7 Å². The van der Waals surface area contributed by atoms with E-state index in [1.54, 1.807) is 29.7 Å². The second kappa shape index (κ2) is 7.44. The van der Waals surface area contributed by atoms with Crippen molar-refractivity contribution in [2.45, 2.75) is 6.54 Å². The highest BCUT2D eigenvalue weighted by Gasteiger charge is 2.15. The van der Waals surface area contributed by atoms with Crippen molar-refractivity contribution in [3.8, 4) is 22.6 Å². The molecule has 0 aliphatic heterocycles. The van der Waals surface area contributed by atoms with E-state index in [1.807, 2.05) is 36.4 Å². The van der Waals surface area contributed by atoms with E-state index in [0.29, 0.717) is 18.0 Å². The molecule has 7 heteroatoms. The maximum Gasteiger partial charge on any atom is 0.184 e. The predicted molar refractivity (Wildman–Crippen MR) is 112 cm³/mol. The number of nitrogens with zero attached hydrogens (tertiary/aromatic N) is 3. The lowest BCUT2D eigenvalue weighted by Crippen LogP contribution is -2.00. The molecule has 2 aromatic carbocycles. The highest BCUT2D eigenvalue weighted by atomic mass is 32.1. The van der Waals surface area contributed by atoms with Crippen molar-refractivity contribution < 1.29 is 8.81 Å². The van der Waals surface area contributed by atoms with Crippen LogP contribution < -0.4 is 5.32 Å². The molecule has 0 amide bonds. The van der Waals surface area contributed by atoms with Gasteiger partial charge in [0, 0.05) is 17.3 Å². The number of aromatic nitrogens is 3. The Kier molecular flexibility index (Phi) is 4.50. The highest BCUT2D eigenvalue weighted by molar-refractivity contribution is 7.22. The topological polar surface area (TPSA) is 63.8 Å². The van der Waals surface area contributed by atoms with E-state index in [9.17, 15) is 4.39 Å². The Labute approximate surface area is 169 Å². The van der Waals surface area contributed by atoms with Crippen molar-refractivity contribution in [1.82, 2.24) is 15.0 Å². The van der Waals surface area contributed by atoms with Crippen LogP contribution in [-0.4, -0.2) is 15.0 Å². The van der Waals surface area contributed by atoms with Gasteiger partial charge in [0.1, 0.15) is 11.5 Å². The van der Waals surface area contributed by atoms with Crippen molar-refractivity contribution in [2.75, 3.05) is 5.32 Å². The number of halogens is 1. The van der Waals surface area contributed by atoms with Gasteiger partial charge < -0.3 is 9.73 Å². The average Bonchev–Trinajstić information content (AvgIpc) is 3.40. The van der Waals surface area contributed by atoms with E-state index in [4.69, 9.17) is 4.42 Å². The first-order valence-corrected chi connectivity index (χ1v) is 9.82. The number of nitrogens with one attached hydrogen (secondary N) is 1. The number of benzene rings is 2. The summed E-state index contributed by atoms with van der Waals surface area (Å²) in [6.45, 7) is 0.615. The van der Waals surface area contributed by atoms with Gasteiger partial charge >= 0.3 is 0 Å². The number of thiazole rings is 1. The maximum absolute atomic E-state index is 13.2. The lowest BCUT2D eigenvalue weighted by molar-refractivity contribution is 0.572. The molecule has 5 rings (SSSR count). The molecule has 3 heterocycles. The van der Waals surface area contributed by atoms with E-state index in [2.05, 4.69) is 20.3 Å². The molecular weight excluding hydrogens is 387 g/mol. The second-order valence-corrected chi connectivity index (χ2v) is 7.44. The van der Waals surface area contributed by atoms with Gasteiger partial charge in [-0.1, -0.05) is 17.4 Å². The van der Waals surface area contributed by atoms with Crippen molar-refractivity contribution in [3.05, 3.63) is 84.8 Å². The molecule has 142 valence electrons. The third-order valence-electron chi connectivity index (χ3n) is 4.48. The molecule has 1 N–H and O–H groups in total. The Morgan fingerprint density at radius 2 is 1.83 bits per heavy atom. The van der Waals surface area contributed by atoms with E-state index in [-0.39, 0.29) is 5.82 Å². The molecule has 0 saturated carbocycles. The summed E-state index contributed by atoms with van der Waals surface area (Å²) in [6.07, 6.45) is 3.18. The maximum atomic E-state index is 13.2. The molecule has 0 spiro atoms. The first kappa shape index (κ1) is 17.5. The van der Waals surface area contributed by atoms with Gasteiger partial charge in [-0.3, -0.25) is 4.98 Å². The fourth-order valence-electron chi connectivity index (χ4n) is 3.07. The molecule has 5 nitrogen and oxygen atoms in total. The Morgan fingerprint density at radius 1 is 0.966 bits per heavy atom. The highest BCUT2D eigenvalue weighted by Crippen LogP contribution is 2.35. The van der Waals surface area contributed by atoms with Gasteiger partial charge in [0.15, 0.2) is 17.3 Å². The first-order valence-electron chi connectivity index (χ1n) is 9.00. The summed E-state index contributed by atoms with van der Waals surface area (Å²) in [5.41, 5.74) is 4.25. The first-order chi connectivity index (χ1) is 14.3. The third-order valence-corrected chi connectivity index (χ3v) is 5.46. The van der Waals surface area contributed by atoms with Crippen molar-refractivity contribution in [3.63, 3.8) is 0 Å². The number of pyridine rings is 1. The SMILES string of the molecule is Fc1ccc(-c2ncoc2-c2ccc3nc(NCc4ccccn4)sc3c2)cc1. The zero-order chi connectivity index (χ0) is 19.6. The quantitative estimate of drug-likeness (QED) is 0.405. The lowest BCUT2D eigenvalue weighted by atomic mass is 10.1. The van der Waals surface area contributed by atoms with Crippen LogP contribution >= 0.6 is 11.3 Å². The van der Waals surface area contributed by atoms with Crippen molar-refractivity contribution in [1.29, 1.82) is 0 Å². The molecule has 29 heavy (non-hydrogen) atoms. The summed E-state index contributed by atoms with van der Waals surface area (Å²) in [6, 6.07) is 18.0. The van der Waals surface area contributed by atoms with Gasteiger partial charge in [-0.2, -0.15) is 0 Å². The van der Waals surface area contributed by atoms with Crippen molar-refractivity contribution >= 4 is 26.7 Å². The van der Waals surface area contributed by atoms with Crippen LogP contribution in [-0.2, 0) is 6.54 Å². The minimum Gasteiger partial charge on any atom is -0.443 e. The van der Waals surface area contributed by atoms with Crippen LogP contribution in [0.2, 0.25) is 0 Å². The van der Waals surface area contributed by atoms with Crippen LogP contribution in [0.1, 0.15) is 5.69 Å². The lowest BCUT2D eigenvalue weighted by Gasteiger charge is -2.02. The molecule has 3 aromatic heterocycles. The Morgan fingerprint density at radius 3 is 2.66 bits per heavy atom. The standard InChI is InChI=1S/C22H15FN4OS/c23-16-7-4-14(5-8-16)20-21(28-13-26-20)15-6-9-18-19(11-15)29-22(27-18)25-12-17-3-1-2-10-24-17/h1-11,13H,12H2,(H,25,27). The van der Waals surface area contributed by atoms with Gasteiger partial charge in [0.25, 0.3) is 0 Å². The van der Waals surface area contributed by atoms with Crippen LogP contribution in [0.25, 0.3) is 32.8 Å². The zero-order valence-electron chi connectivity index (χ0n) is 15.2. The second-order valence-electron chi connectivity index (χ2n) is 6.41. The zero-order valence-corrected chi connectivity index (χ0v) is 16.0. The summed E-state index contributed by atoms with van der Waals surface area (Å²) < 4.78 is 19.9. The van der Waals surface area contributed by atoms with Crippen LogP contribution in [0.5, 0.6) is 0 Å². The minimum absolute atomic E-state index is 0.282. The Balaban J connectivity index is 1.44. The number of rotatable bonds is 5. The van der Waals surface area contributed by atoms with E-state index in [1.165, 1.54) is 18.5 Å². The van der Waals surface area contributed by atoms with E-state index >= 15 is 0 Å². The number of hydrogen-bond acceptors (Lipinski definition) is 6. The summed E-state index contributed by atoms with van der Waals surface area (Å²) >= 11 is 1.57. The van der Waals surface area contributed by atoms with Gasteiger partial charge in [-0.05, 0) is 54.6 Å². The summed E-state index contributed by atoms with van der Waals surface area (Å²) in [7, 11) is 0. The molecule has 0 atom stereocenters. The van der Waals surface area contributed by atoms with Crippen LogP contribution in [0, 0.1) is 5.82 Å². The summed E-state index contributed by atoms with van der Waals surface area (Å²) in [5.74, 6) is 0.366. The van der Waals surface area contributed by atoms with E-state index in [0.717, 1.165) is 32.2 Å². The molecule has 0 bridgehead atoms. The minimum atomic E-state index is -0.282. The van der Waals surface area contributed by atoms with Crippen molar-refractivity contribution in [2.24, 2.45) is 0 Å². The molecule has 0 fully saturated rings. The summed E-state index contributed by atoms with van der Waals surface area (Å²) in [4.78, 5) is 13.3. The fourth-order valence-corrected chi connectivity index (χ4v) is 3.98. The van der Waals surface area contributed by atoms with Gasteiger partial charge in [0.2, 0.25) is 0 Å². The van der Waals surface area contributed by atoms with Crippen LogP contribution in [0.4, 0.5) is 9.52 Å².